The molecule has 0 spiro atoms. The highest BCUT2D eigenvalue weighted by molar-refractivity contribution is 5.22. The topological polar surface area (TPSA) is 12.0 Å². The molecular formula is C17H18F3N. The number of rotatable bonds is 6. The first-order chi connectivity index (χ1) is 10.1. The van der Waals surface area contributed by atoms with Gasteiger partial charge in [0.05, 0.1) is 0 Å². The molecule has 0 aliphatic rings. The highest BCUT2D eigenvalue weighted by Gasteiger charge is 2.13. The van der Waals surface area contributed by atoms with Crippen LogP contribution in [-0.4, -0.2) is 12.6 Å². The van der Waals surface area contributed by atoms with E-state index in [9.17, 15) is 13.2 Å². The Bertz CT molecular complexity index is 598. The van der Waals surface area contributed by atoms with Gasteiger partial charge in [-0.2, -0.15) is 0 Å². The quantitative estimate of drug-likeness (QED) is 0.852. The van der Waals surface area contributed by atoms with Gasteiger partial charge < -0.3 is 5.32 Å². The lowest BCUT2D eigenvalue weighted by molar-refractivity contribution is 0.500. The molecule has 0 aliphatic carbocycles. The van der Waals surface area contributed by atoms with Gasteiger partial charge in [0.15, 0.2) is 0 Å². The van der Waals surface area contributed by atoms with E-state index in [0.717, 1.165) is 18.2 Å². The minimum atomic E-state index is -0.582. The number of hydrogen-bond acceptors (Lipinski definition) is 1. The first-order valence-corrected chi connectivity index (χ1v) is 7.00. The molecular weight excluding hydrogens is 275 g/mol. The van der Waals surface area contributed by atoms with Crippen LogP contribution in [0, 0.1) is 17.5 Å². The summed E-state index contributed by atoms with van der Waals surface area (Å²) in [5.41, 5.74) is 1.31. The Morgan fingerprint density at radius 3 is 2.38 bits per heavy atom. The fourth-order valence-electron chi connectivity index (χ4n) is 2.41. The molecule has 0 saturated carbocycles. The van der Waals surface area contributed by atoms with E-state index in [1.165, 1.54) is 24.3 Å². The molecule has 4 heteroatoms. The average Bonchev–Trinajstić information content (AvgIpc) is 2.42. The Kier molecular flexibility index (Phi) is 5.39. The largest absolute Gasteiger partial charge is 0.314 e. The van der Waals surface area contributed by atoms with E-state index >= 15 is 0 Å². The maximum Gasteiger partial charge on any atom is 0.129 e. The van der Waals surface area contributed by atoms with Crippen molar-refractivity contribution in [3.05, 3.63) is 71.0 Å². The van der Waals surface area contributed by atoms with Crippen molar-refractivity contribution in [2.45, 2.75) is 25.8 Å². The van der Waals surface area contributed by atoms with Crippen LogP contribution in [0.1, 0.15) is 18.1 Å². The van der Waals surface area contributed by atoms with Gasteiger partial charge in [0, 0.05) is 12.1 Å². The van der Waals surface area contributed by atoms with E-state index in [2.05, 4.69) is 5.32 Å². The van der Waals surface area contributed by atoms with Gasteiger partial charge in [-0.15, -0.1) is 0 Å². The fraction of sp³-hybridized carbons (Fsp3) is 0.294. The van der Waals surface area contributed by atoms with Gasteiger partial charge in [-0.25, -0.2) is 13.2 Å². The third kappa shape index (κ3) is 4.60. The molecule has 0 heterocycles. The fourth-order valence-corrected chi connectivity index (χ4v) is 2.41. The predicted octanol–water partition coefficient (Wildman–Crippen LogP) is 3.87. The van der Waals surface area contributed by atoms with Crippen molar-refractivity contribution in [1.29, 1.82) is 0 Å². The van der Waals surface area contributed by atoms with Crippen LogP contribution in [0.15, 0.2) is 42.5 Å². The van der Waals surface area contributed by atoms with E-state index in [1.54, 1.807) is 6.07 Å². The molecule has 1 nitrogen and oxygen atoms in total. The van der Waals surface area contributed by atoms with Crippen LogP contribution in [0.5, 0.6) is 0 Å². The molecule has 1 N–H and O–H groups in total. The molecule has 0 bridgehead atoms. The van der Waals surface area contributed by atoms with E-state index in [-0.39, 0.29) is 11.9 Å². The van der Waals surface area contributed by atoms with Crippen molar-refractivity contribution in [2.75, 3.05) is 6.54 Å². The summed E-state index contributed by atoms with van der Waals surface area (Å²) < 4.78 is 39.9. The van der Waals surface area contributed by atoms with Gasteiger partial charge in [0.2, 0.25) is 0 Å². The number of benzene rings is 2. The number of hydrogen-bond donors (Lipinski definition) is 1. The van der Waals surface area contributed by atoms with Crippen molar-refractivity contribution in [3.8, 4) is 0 Å². The average molecular weight is 293 g/mol. The SMILES string of the molecule is CCNC(Cc1cccc(F)c1)Cc1ccc(F)cc1F. The third-order valence-corrected chi connectivity index (χ3v) is 3.35. The van der Waals surface area contributed by atoms with Crippen LogP contribution < -0.4 is 5.32 Å². The van der Waals surface area contributed by atoms with E-state index in [1.807, 2.05) is 13.0 Å². The maximum absolute atomic E-state index is 13.7. The van der Waals surface area contributed by atoms with Gasteiger partial charge in [0.1, 0.15) is 17.5 Å². The molecule has 0 radical (unpaired) electrons. The van der Waals surface area contributed by atoms with Crippen molar-refractivity contribution in [2.24, 2.45) is 0 Å². The summed E-state index contributed by atoms with van der Waals surface area (Å²) in [6.07, 6.45) is 1.01. The summed E-state index contributed by atoms with van der Waals surface area (Å²) in [7, 11) is 0. The molecule has 0 amide bonds. The first-order valence-electron chi connectivity index (χ1n) is 7.00. The van der Waals surface area contributed by atoms with Crippen molar-refractivity contribution >= 4 is 0 Å². The highest BCUT2D eigenvalue weighted by atomic mass is 19.1. The molecule has 21 heavy (non-hydrogen) atoms. The lowest BCUT2D eigenvalue weighted by Gasteiger charge is -2.18. The molecule has 0 aliphatic heterocycles. The van der Waals surface area contributed by atoms with Gasteiger partial charge in [-0.05, 0) is 48.7 Å². The Balaban J connectivity index is 2.11. The Hall–Kier alpha value is -1.81. The van der Waals surface area contributed by atoms with Crippen molar-refractivity contribution in [1.82, 2.24) is 5.32 Å². The Labute approximate surface area is 122 Å². The van der Waals surface area contributed by atoms with E-state index < -0.39 is 11.6 Å². The molecule has 2 aromatic carbocycles. The molecule has 1 atom stereocenters. The molecule has 112 valence electrons. The smallest absolute Gasteiger partial charge is 0.129 e. The monoisotopic (exact) mass is 293 g/mol. The lowest BCUT2D eigenvalue weighted by atomic mass is 9.98. The Morgan fingerprint density at radius 2 is 1.71 bits per heavy atom. The van der Waals surface area contributed by atoms with E-state index in [4.69, 9.17) is 0 Å². The van der Waals surface area contributed by atoms with Crippen LogP contribution >= 0.6 is 0 Å². The molecule has 2 aromatic rings. The maximum atomic E-state index is 13.7. The summed E-state index contributed by atoms with van der Waals surface area (Å²) in [5, 5.41) is 3.26. The van der Waals surface area contributed by atoms with Gasteiger partial charge in [0.25, 0.3) is 0 Å². The summed E-state index contributed by atoms with van der Waals surface area (Å²) in [6.45, 7) is 2.68. The first kappa shape index (κ1) is 15.6. The minimum Gasteiger partial charge on any atom is -0.314 e. The van der Waals surface area contributed by atoms with Crippen LogP contribution in [-0.2, 0) is 12.8 Å². The number of likely N-dealkylation sites (N-methyl/N-ethyl adjacent to an activating group) is 1. The second kappa shape index (κ2) is 7.27. The van der Waals surface area contributed by atoms with Crippen LogP contribution in [0.3, 0.4) is 0 Å². The van der Waals surface area contributed by atoms with Crippen molar-refractivity contribution < 1.29 is 13.2 Å². The molecule has 0 fully saturated rings. The number of halogens is 3. The summed E-state index contributed by atoms with van der Waals surface area (Å²) >= 11 is 0. The third-order valence-electron chi connectivity index (χ3n) is 3.35. The molecule has 2 rings (SSSR count). The lowest BCUT2D eigenvalue weighted by Crippen LogP contribution is -2.33. The predicted molar refractivity (Wildman–Crippen MR) is 77.6 cm³/mol. The normalized spacial score (nSPS) is 12.4. The second-order valence-corrected chi connectivity index (χ2v) is 5.03. The van der Waals surface area contributed by atoms with Crippen LogP contribution in [0.2, 0.25) is 0 Å². The Morgan fingerprint density at radius 1 is 0.952 bits per heavy atom. The molecule has 0 saturated heterocycles. The summed E-state index contributed by atoms with van der Waals surface area (Å²) in [4.78, 5) is 0. The molecule has 1 unspecified atom stereocenters. The van der Waals surface area contributed by atoms with E-state index in [0.29, 0.717) is 18.4 Å². The summed E-state index contributed by atoms with van der Waals surface area (Å²) in [6, 6.07) is 9.94. The second-order valence-electron chi connectivity index (χ2n) is 5.03. The van der Waals surface area contributed by atoms with Gasteiger partial charge in [-0.1, -0.05) is 25.1 Å². The zero-order valence-electron chi connectivity index (χ0n) is 11.9. The zero-order chi connectivity index (χ0) is 15.2. The minimum absolute atomic E-state index is 0.0308. The molecule has 0 aromatic heterocycles. The van der Waals surface area contributed by atoms with Crippen LogP contribution in [0.25, 0.3) is 0 Å². The highest BCUT2D eigenvalue weighted by Crippen LogP contribution is 2.14. The van der Waals surface area contributed by atoms with Crippen LogP contribution in [0.4, 0.5) is 13.2 Å². The number of nitrogens with one attached hydrogen (secondary N) is 1. The van der Waals surface area contributed by atoms with Crippen molar-refractivity contribution in [3.63, 3.8) is 0 Å². The van der Waals surface area contributed by atoms with Gasteiger partial charge in [-0.3, -0.25) is 0 Å². The standard InChI is InChI=1S/C17H18F3N/c1-2-21-16(9-12-4-3-5-14(18)8-12)10-13-6-7-15(19)11-17(13)20/h3-8,11,16,21H,2,9-10H2,1H3. The van der Waals surface area contributed by atoms with Gasteiger partial charge >= 0.3 is 0 Å². The summed E-state index contributed by atoms with van der Waals surface area (Å²) in [5.74, 6) is -1.41. The zero-order valence-corrected chi connectivity index (χ0v) is 11.9.